The van der Waals surface area contributed by atoms with E-state index in [-0.39, 0.29) is 18.3 Å². The summed E-state index contributed by atoms with van der Waals surface area (Å²) in [6.45, 7) is 9.87. The Kier molecular flexibility index (Phi) is 8.02. The Morgan fingerprint density at radius 1 is 1.26 bits per heavy atom. The molecule has 2 aromatic rings. The number of aromatic nitrogens is 2. The van der Waals surface area contributed by atoms with Gasteiger partial charge in [0.05, 0.1) is 36.3 Å². The molecule has 31 heavy (non-hydrogen) atoms. The number of carbonyl (C=O) groups is 2. The summed E-state index contributed by atoms with van der Waals surface area (Å²) in [4.78, 5) is 29.6. The van der Waals surface area contributed by atoms with Crippen LogP contribution < -0.4 is 10.6 Å². The molecule has 0 radical (unpaired) electrons. The maximum Gasteiger partial charge on any atom is 0.356 e. The van der Waals surface area contributed by atoms with Crippen LogP contribution in [0.1, 0.15) is 51.5 Å². The van der Waals surface area contributed by atoms with Crippen molar-refractivity contribution in [3.63, 3.8) is 0 Å². The first-order valence-electron chi connectivity index (χ1n) is 10.4. The molecular formula is C22H34N4O5. The molecule has 2 aromatic heterocycles. The van der Waals surface area contributed by atoms with Crippen molar-refractivity contribution in [3.8, 4) is 0 Å². The molecule has 2 heterocycles. The Labute approximate surface area is 183 Å². The number of ether oxygens (including phenoxy) is 2. The number of esters is 1. The van der Waals surface area contributed by atoms with Gasteiger partial charge in [-0.05, 0) is 39.2 Å². The van der Waals surface area contributed by atoms with Crippen LogP contribution >= 0.6 is 0 Å². The van der Waals surface area contributed by atoms with Crippen LogP contribution in [0.2, 0.25) is 0 Å². The van der Waals surface area contributed by atoms with E-state index in [1.54, 1.807) is 24.6 Å². The van der Waals surface area contributed by atoms with Crippen LogP contribution in [0.4, 0.5) is 11.4 Å². The van der Waals surface area contributed by atoms with E-state index in [1.165, 1.54) is 14.2 Å². The molecule has 0 saturated carbocycles. The number of fused-ring (bicyclic) bond motifs is 1. The average Bonchev–Trinajstić information content (AvgIpc) is 2.98. The number of hydrogen-bond acceptors (Lipinski definition) is 7. The Bertz CT molecular complexity index is 930. The van der Waals surface area contributed by atoms with E-state index in [1.807, 2.05) is 13.0 Å². The fourth-order valence-electron chi connectivity index (χ4n) is 3.08. The van der Waals surface area contributed by atoms with Crippen molar-refractivity contribution in [3.05, 3.63) is 18.0 Å². The van der Waals surface area contributed by atoms with Gasteiger partial charge in [0.25, 0.3) is 0 Å². The second-order valence-corrected chi connectivity index (χ2v) is 8.65. The molecule has 1 unspecified atom stereocenters. The minimum absolute atomic E-state index is 0.152. The molecule has 1 atom stereocenters. The van der Waals surface area contributed by atoms with Crippen LogP contribution in [-0.2, 0) is 20.8 Å². The predicted molar refractivity (Wildman–Crippen MR) is 120 cm³/mol. The van der Waals surface area contributed by atoms with Crippen LogP contribution in [0.25, 0.3) is 11.0 Å². The van der Waals surface area contributed by atoms with Crippen molar-refractivity contribution in [2.24, 2.45) is 5.92 Å². The first-order chi connectivity index (χ1) is 14.5. The fourth-order valence-corrected chi connectivity index (χ4v) is 3.08. The Hall–Kier alpha value is -2.65. The minimum Gasteiger partial charge on any atom is -0.464 e. The third-order valence-corrected chi connectivity index (χ3v) is 5.19. The quantitative estimate of drug-likeness (QED) is 0.492. The topological polar surface area (TPSA) is 115 Å². The summed E-state index contributed by atoms with van der Waals surface area (Å²) in [5, 5.41) is 16.9. The second-order valence-electron chi connectivity index (χ2n) is 8.65. The van der Waals surface area contributed by atoms with Crippen molar-refractivity contribution < 1.29 is 24.2 Å². The first kappa shape index (κ1) is 24.6. The van der Waals surface area contributed by atoms with Gasteiger partial charge < -0.3 is 29.8 Å². The number of pyridine rings is 1. The lowest BCUT2D eigenvalue weighted by molar-refractivity contribution is -0.119. The second kappa shape index (κ2) is 10.1. The number of rotatable bonds is 10. The fraction of sp³-hybridized carbons (Fsp3) is 0.591. The molecule has 0 aliphatic rings. The molecule has 0 aliphatic heterocycles. The largest absolute Gasteiger partial charge is 0.464 e. The third-order valence-electron chi connectivity index (χ3n) is 5.19. The monoisotopic (exact) mass is 434 g/mol. The van der Waals surface area contributed by atoms with Gasteiger partial charge in [-0.2, -0.15) is 0 Å². The summed E-state index contributed by atoms with van der Waals surface area (Å²) in [5.74, 6) is -0.546. The van der Waals surface area contributed by atoms with Gasteiger partial charge in [0.15, 0.2) is 5.69 Å². The van der Waals surface area contributed by atoms with Crippen molar-refractivity contribution in [2.75, 3.05) is 31.5 Å². The maximum atomic E-state index is 12.7. The van der Waals surface area contributed by atoms with Gasteiger partial charge in [-0.3, -0.25) is 4.79 Å². The number of anilines is 2. The van der Waals surface area contributed by atoms with Crippen molar-refractivity contribution >= 4 is 34.3 Å². The van der Waals surface area contributed by atoms with Crippen LogP contribution in [0.15, 0.2) is 12.3 Å². The lowest BCUT2D eigenvalue weighted by Gasteiger charge is -2.27. The lowest BCUT2D eigenvalue weighted by Crippen LogP contribution is -2.39. The van der Waals surface area contributed by atoms with Gasteiger partial charge in [-0.1, -0.05) is 13.8 Å². The molecule has 0 fully saturated rings. The molecule has 172 valence electrons. The molecule has 0 saturated heterocycles. The van der Waals surface area contributed by atoms with Crippen molar-refractivity contribution in [1.82, 2.24) is 9.55 Å². The number of aliphatic hydroxyl groups is 1. The maximum absolute atomic E-state index is 12.7. The van der Waals surface area contributed by atoms with Gasteiger partial charge >= 0.3 is 5.97 Å². The summed E-state index contributed by atoms with van der Waals surface area (Å²) in [5.41, 5.74) is 0.838. The van der Waals surface area contributed by atoms with Crippen LogP contribution in [0.5, 0.6) is 0 Å². The number of nitrogens with one attached hydrogen (secondary N) is 2. The zero-order valence-electron chi connectivity index (χ0n) is 19.4. The lowest BCUT2D eigenvalue weighted by atomic mass is 10.0. The average molecular weight is 435 g/mol. The number of amides is 1. The summed E-state index contributed by atoms with van der Waals surface area (Å²) >= 11 is 0. The van der Waals surface area contributed by atoms with Gasteiger partial charge in [-0.15, -0.1) is 0 Å². The molecule has 1 amide bonds. The van der Waals surface area contributed by atoms with Gasteiger partial charge in [0.2, 0.25) is 5.91 Å². The number of nitrogens with zero attached hydrogens (tertiary/aromatic N) is 2. The van der Waals surface area contributed by atoms with Crippen molar-refractivity contribution in [1.29, 1.82) is 0 Å². The molecule has 0 aromatic carbocycles. The Balaban J connectivity index is 2.66. The standard InChI is InChI=1S/C22H34N4O5/c1-13(2)8-9-26-19(21(28)31-7)18(25-17(27)12-30-6)16-10-15(11-23-20(16)26)24-14(3)22(4,5)29/h10-11,13-14,24,29H,8-9,12H2,1-7H3,(H,25,27). The van der Waals surface area contributed by atoms with Gasteiger partial charge in [0, 0.05) is 19.0 Å². The number of hydrogen-bond donors (Lipinski definition) is 3. The van der Waals surface area contributed by atoms with E-state index in [0.29, 0.717) is 34.9 Å². The minimum atomic E-state index is -0.954. The highest BCUT2D eigenvalue weighted by atomic mass is 16.5. The van der Waals surface area contributed by atoms with E-state index in [4.69, 9.17) is 9.47 Å². The summed E-state index contributed by atoms with van der Waals surface area (Å²) in [6.07, 6.45) is 2.47. The number of methoxy groups -OCH3 is 2. The van der Waals surface area contributed by atoms with E-state index in [9.17, 15) is 14.7 Å². The summed E-state index contributed by atoms with van der Waals surface area (Å²) in [6, 6.07) is 1.55. The first-order valence-corrected chi connectivity index (χ1v) is 10.4. The molecule has 9 heteroatoms. The Morgan fingerprint density at radius 2 is 1.94 bits per heavy atom. The summed E-state index contributed by atoms with van der Waals surface area (Å²) in [7, 11) is 2.73. The zero-order chi connectivity index (χ0) is 23.3. The van der Waals surface area contributed by atoms with E-state index in [0.717, 1.165) is 6.42 Å². The van der Waals surface area contributed by atoms with E-state index in [2.05, 4.69) is 29.5 Å². The number of carbonyl (C=O) groups excluding carboxylic acids is 2. The Morgan fingerprint density at radius 3 is 2.48 bits per heavy atom. The highest BCUT2D eigenvalue weighted by Gasteiger charge is 2.27. The summed E-state index contributed by atoms with van der Waals surface area (Å²) < 4.78 is 11.7. The van der Waals surface area contributed by atoms with Crippen LogP contribution in [0, 0.1) is 5.92 Å². The van der Waals surface area contributed by atoms with Gasteiger partial charge in [-0.25, -0.2) is 9.78 Å². The molecular weight excluding hydrogens is 400 g/mol. The predicted octanol–water partition coefficient (Wildman–Crippen LogP) is 3.03. The highest BCUT2D eigenvalue weighted by Crippen LogP contribution is 2.33. The third kappa shape index (κ3) is 5.95. The molecule has 0 bridgehead atoms. The molecule has 3 N–H and O–H groups in total. The van der Waals surface area contributed by atoms with E-state index >= 15 is 0 Å². The molecule has 0 aliphatic carbocycles. The molecule has 0 spiro atoms. The highest BCUT2D eigenvalue weighted by molar-refractivity contribution is 6.11. The number of aryl methyl sites for hydroxylation is 1. The van der Waals surface area contributed by atoms with E-state index < -0.39 is 17.5 Å². The van der Waals surface area contributed by atoms with Gasteiger partial charge in [0.1, 0.15) is 12.3 Å². The SMILES string of the molecule is COCC(=O)Nc1c(C(=O)OC)n(CCC(C)C)c2ncc(NC(C)C(C)(C)O)cc12. The van der Waals surface area contributed by atoms with Crippen LogP contribution in [-0.4, -0.2) is 59.0 Å². The van der Waals surface area contributed by atoms with Crippen molar-refractivity contribution in [2.45, 2.75) is 59.2 Å². The van der Waals surface area contributed by atoms with Crippen LogP contribution in [0.3, 0.4) is 0 Å². The normalized spacial score (nSPS) is 12.8. The smallest absolute Gasteiger partial charge is 0.356 e. The molecule has 9 nitrogen and oxygen atoms in total. The molecule has 2 rings (SSSR count). The zero-order valence-corrected chi connectivity index (χ0v) is 19.4.